The van der Waals surface area contributed by atoms with Crippen molar-refractivity contribution in [2.75, 3.05) is 0 Å². The van der Waals surface area contributed by atoms with E-state index in [0.29, 0.717) is 11.7 Å². The van der Waals surface area contributed by atoms with E-state index in [1.54, 1.807) is 0 Å². The van der Waals surface area contributed by atoms with Gasteiger partial charge in [-0.15, -0.1) is 0 Å². The van der Waals surface area contributed by atoms with Gasteiger partial charge in [-0.25, -0.2) is 4.68 Å². The third-order valence-corrected chi connectivity index (χ3v) is 4.21. The van der Waals surface area contributed by atoms with Crippen LogP contribution in [0.3, 0.4) is 0 Å². The average molecular weight is 320 g/mol. The van der Waals surface area contributed by atoms with Gasteiger partial charge >= 0.3 is 0 Å². The molecule has 124 valence electrons. The fourth-order valence-corrected chi connectivity index (χ4v) is 2.93. The van der Waals surface area contributed by atoms with Crippen LogP contribution in [0.1, 0.15) is 30.7 Å². The van der Waals surface area contributed by atoms with Gasteiger partial charge in [-0.2, -0.15) is 5.10 Å². The average Bonchev–Trinajstić information content (AvgIpc) is 2.85. The van der Waals surface area contributed by atoms with Gasteiger partial charge in [0.2, 0.25) is 0 Å². The summed E-state index contributed by atoms with van der Waals surface area (Å²) in [4.78, 5) is 0. The Morgan fingerprint density at radius 2 is 1.67 bits per heavy atom. The second kappa shape index (κ2) is 6.52. The molecule has 3 rings (SSSR count). The van der Waals surface area contributed by atoms with E-state index in [2.05, 4.69) is 45.9 Å². The summed E-state index contributed by atoms with van der Waals surface area (Å²) in [7, 11) is 0. The van der Waals surface area contributed by atoms with E-state index in [9.17, 15) is 5.11 Å². The lowest BCUT2D eigenvalue weighted by atomic mass is 10.0. The zero-order chi connectivity index (χ0) is 17.3. The molecule has 0 aliphatic heterocycles. The van der Waals surface area contributed by atoms with Crippen molar-refractivity contribution in [3.63, 3.8) is 0 Å². The minimum atomic E-state index is 0.290. The van der Waals surface area contributed by atoms with Gasteiger partial charge in [0, 0.05) is 5.56 Å². The first-order chi connectivity index (χ1) is 11.5. The van der Waals surface area contributed by atoms with E-state index in [1.165, 1.54) is 5.56 Å². The molecule has 0 saturated heterocycles. The molecule has 2 aromatic carbocycles. The molecule has 24 heavy (non-hydrogen) atoms. The predicted octanol–water partition coefficient (Wildman–Crippen LogP) is 5.06. The van der Waals surface area contributed by atoms with Crippen LogP contribution in [-0.2, 0) is 6.42 Å². The van der Waals surface area contributed by atoms with Gasteiger partial charge in [0.1, 0.15) is 11.4 Å². The fraction of sp³-hybridized carbons (Fsp3) is 0.286. The van der Waals surface area contributed by atoms with Gasteiger partial charge in [-0.3, -0.25) is 0 Å². The highest BCUT2D eigenvalue weighted by molar-refractivity contribution is 5.72. The number of aromatic hydroxyl groups is 1. The molecule has 0 aliphatic carbocycles. The molecule has 3 heteroatoms. The van der Waals surface area contributed by atoms with Crippen LogP contribution in [0.5, 0.6) is 5.75 Å². The summed E-state index contributed by atoms with van der Waals surface area (Å²) in [5, 5.41) is 15.6. The van der Waals surface area contributed by atoms with Crippen LogP contribution in [0, 0.1) is 19.8 Å². The molecule has 0 atom stereocenters. The minimum Gasteiger partial charge on any atom is -0.504 e. The molecule has 1 aromatic heterocycles. The van der Waals surface area contributed by atoms with Gasteiger partial charge in [0.05, 0.1) is 5.69 Å². The number of nitrogens with zero attached hydrogens (tertiary/aromatic N) is 2. The molecular weight excluding hydrogens is 296 g/mol. The van der Waals surface area contributed by atoms with Crippen LogP contribution >= 0.6 is 0 Å². The lowest BCUT2D eigenvalue weighted by Crippen LogP contribution is -2.01. The van der Waals surface area contributed by atoms with Crippen molar-refractivity contribution in [1.82, 2.24) is 9.78 Å². The molecular formula is C21H24N2O. The lowest BCUT2D eigenvalue weighted by molar-refractivity contribution is 0.464. The van der Waals surface area contributed by atoms with Gasteiger partial charge in [0.15, 0.2) is 5.75 Å². The Kier molecular flexibility index (Phi) is 4.43. The van der Waals surface area contributed by atoms with Crippen LogP contribution in [0.4, 0.5) is 0 Å². The summed E-state index contributed by atoms with van der Waals surface area (Å²) in [5.74, 6) is 0.723. The SMILES string of the molecule is Cc1ccc(-n2nc(CC(C)C)c(O)c2-c2ccccc2C)cc1. The summed E-state index contributed by atoms with van der Waals surface area (Å²) < 4.78 is 1.87. The maximum Gasteiger partial charge on any atom is 0.165 e. The van der Waals surface area contributed by atoms with E-state index in [-0.39, 0.29) is 0 Å². The highest BCUT2D eigenvalue weighted by atomic mass is 16.3. The van der Waals surface area contributed by atoms with Crippen molar-refractivity contribution in [1.29, 1.82) is 0 Å². The third-order valence-electron chi connectivity index (χ3n) is 4.21. The minimum absolute atomic E-state index is 0.290. The van der Waals surface area contributed by atoms with Gasteiger partial charge in [-0.05, 0) is 43.9 Å². The maximum atomic E-state index is 10.9. The number of aryl methyl sites for hydroxylation is 2. The predicted molar refractivity (Wildman–Crippen MR) is 98.7 cm³/mol. The summed E-state index contributed by atoms with van der Waals surface area (Å²) >= 11 is 0. The number of hydrogen-bond acceptors (Lipinski definition) is 2. The molecule has 0 fully saturated rings. The van der Waals surface area contributed by atoms with Crippen molar-refractivity contribution < 1.29 is 5.11 Å². The van der Waals surface area contributed by atoms with Crippen LogP contribution < -0.4 is 0 Å². The Bertz CT molecular complexity index is 845. The second-order valence-electron chi connectivity index (χ2n) is 6.80. The molecule has 0 aliphatic rings. The molecule has 3 nitrogen and oxygen atoms in total. The van der Waals surface area contributed by atoms with Crippen molar-refractivity contribution in [2.24, 2.45) is 5.92 Å². The summed E-state index contributed by atoms with van der Waals surface area (Å²) in [6, 6.07) is 16.3. The molecule has 0 saturated carbocycles. The molecule has 0 bridgehead atoms. The van der Waals surface area contributed by atoms with Crippen LogP contribution in [0.2, 0.25) is 0 Å². The van der Waals surface area contributed by atoms with Gasteiger partial charge < -0.3 is 5.11 Å². The van der Waals surface area contributed by atoms with E-state index >= 15 is 0 Å². The van der Waals surface area contributed by atoms with E-state index < -0.39 is 0 Å². The Hall–Kier alpha value is -2.55. The van der Waals surface area contributed by atoms with Crippen molar-refractivity contribution >= 4 is 0 Å². The Balaban J connectivity index is 2.23. The van der Waals surface area contributed by atoms with Crippen molar-refractivity contribution in [2.45, 2.75) is 34.1 Å². The number of aromatic nitrogens is 2. The van der Waals surface area contributed by atoms with Crippen molar-refractivity contribution in [3.05, 3.63) is 65.4 Å². The van der Waals surface area contributed by atoms with E-state index in [0.717, 1.165) is 34.6 Å². The Morgan fingerprint density at radius 3 is 2.29 bits per heavy atom. The maximum absolute atomic E-state index is 10.9. The molecule has 0 spiro atoms. The monoisotopic (exact) mass is 320 g/mol. The highest BCUT2D eigenvalue weighted by Gasteiger charge is 2.21. The van der Waals surface area contributed by atoms with Crippen LogP contribution in [-0.4, -0.2) is 14.9 Å². The van der Waals surface area contributed by atoms with Gasteiger partial charge in [0.25, 0.3) is 0 Å². The molecule has 0 unspecified atom stereocenters. The largest absolute Gasteiger partial charge is 0.504 e. The quantitative estimate of drug-likeness (QED) is 0.729. The van der Waals surface area contributed by atoms with E-state index in [1.807, 2.05) is 35.0 Å². The normalized spacial score (nSPS) is 11.2. The van der Waals surface area contributed by atoms with Crippen LogP contribution in [0.25, 0.3) is 16.9 Å². The third kappa shape index (κ3) is 3.07. The first-order valence-electron chi connectivity index (χ1n) is 8.41. The molecule has 0 amide bonds. The zero-order valence-electron chi connectivity index (χ0n) is 14.7. The van der Waals surface area contributed by atoms with Gasteiger partial charge in [-0.1, -0.05) is 55.8 Å². The van der Waals surface area contributed by atoms with Crippen LogP contribution in [0.15, 0.2) is 48.5 Å². The lowest BCUT2D eigenvalue weighted by Gasteiger charge is -2.10. The Labute approximate surface area is 143 Å². The molecule has 1 heterocycles. The Morgan fingerprint density at radius 1 is 1.00 bits per heavy atom. The smallest absolute Gasteiger partial charge is 0.165 e. The first kappa shape index (κ1) is 16.3. The van der Waals surface area contributed by atoms with Crippen molar-refractivity contribution in [3.8, 4) is 22.7 Å². The number of rotatable bonds is 4. The topological polar surface area (TPSA) is 38.0 Å². The molecule has 0 radical (unpaired) electrons. The molecule has 3 aromatic rings. The summed E-state index contributed by atoms with van der Waals surface area (Å²) in [6.45, 7) is 8.40. The second-order valence-corrected chi connectivity index (χ2v) is 6.80. The summed E-state index contributed by atoms with van der Waals surface area (Å²) in [6.07, 6.45) is 0.754. The number of benzene rings is 2. The standard InChI is InChI=1S/C21H24N2O/c1-14(2)13-19-21(24)20(18-8-6-5-7-16(18)4)23(22-19)17-11-9-15(3)10-12-17/h5-12,14,24H,13H2,1-4H3. The highest BCUT2D eigenvalue weighted by Crippen LogP contribution is 2.37. The zero-order valence-corrected chi connectivity index (χ0v) is 14.7. The van der Waals surface area contributed by atoms with E-state index in [4.69, 9.17) is 5.10 Å². The fourth-order valence-electron chi connectivity index (χ4n) is 2.93. The summed E-state index contributed by atoms with van der Waals surface area (Å²) in [5.41, 5.74) is 5.82. The molecule has 1 N–H and O–H groups in total. The number of hydrogen-bond donors (Lipinski definition) is 1. The first-order valence-corrected chi connectivity index (χ1v) is 8.41.